The van der Waals surface area contributed by atoms with Crippen LogP contribution >= 0.6 is 0 Å². The molecule has 0 fully saturated rings. The van der Waals surface area contributed by atoms with Crippen molar-refractivity contribution in [3.63, 3.8) is 0 Å². The molecule has 8 nitrogen and oxygen atoms in total. The molecule has 2 aromatic heterocycles. The van der Waals surface area contributed by atoms with E-state index in [0.717, 1.165) is 12.0 Å². The molecule has 2 heterocycles. The van der Waals surface area contributed by atoms with Gasteiger partial charge in [0.15, 0.2) is 11.4 Å². The largest absolute Gasteiger partial charge is 0.420 e. The number of hydrogen-bond donors (Lipinski definition) is 1. The molecule has 0 aliphatic heterocycles. The summed E-state index contributed by atoms with van der Waals surface area (Å²) in [5.41, 5.74) is 2.14. The smallest absolute Gasteiger partial charge is 0.408 e. The Kier molecular flexibility index (Phi) is 4.69. The van der Waals surface area contributed by atoms with Crippen molar-refractivity contribution in [2.45, 2.75) is 33.7 Å². The maximum Gasteiger partial charge on any atom is 0.420 e. The molecule has 132 valence electrons. The SMILES string of the molecule is Cc1ccc2oc(=O)n(Cc3noc(C(=O)NCCC(C)C)n3)c2c1. The van der Waals surface area contributed by atoms with Gasteiger partial charge in [0.1, 0.15) is 0 Å². The Labute approximate surface area is 143 Å². The van der Waals surface area contributed by atoms with Crippen LogP contribution in [0.15, 0.2) is 31.9 Å². The van der Waals surface area contributed by atoms with Gasteiger partial charge in [0.05, 0.1) is 12.1 Å². The van der Waals surface area contributed by atoms with E-state index < -0.39 is 11.7 Å². The van der Waals surface area contributed by atoms with Crippen LogP contribution in [-0.2, 0) is 6.54 Å². The predicted octanol–water partition coefficient (Wildman–Crippen LogP) is 2.11. The maximum absolute atomic E-state index is 12.0. The summed E-state index contributed by atoms with van der Waals surface area (Å²) < 4.78 is 11.6. The van der Waals surface area contributed by atoms with Gasteiger partial charge in [-0.25, -0.2) is 4.79 Å². The molecule has 25 heavy (non-hydrogen) atoms. The summed E-state index contributed by atoms with van der Waals surface area (Å²) in [4.78, 5) is 28.1. The van der Waals surface area contributed by atoms with Gasteiger partial charge in [-0.15, -0.1) is 0 Å². The van der Waals surface area contributed by atoms with Gasteiger partial charge in [0.25, 0.3) is 0 Å². The van der Waals surface area contributed by atoms with Gasteiger partial charge >= 0.3 is 17.6 Å². The van der Waals surface area contributed by atoms with Crippen LogP contribution in [0.2, 0.25) is 0 Å². The number of fused-ring (bicyclic) bond motifs is 1. The van der Waals surface area contributed by atoms with Gasteiger partial charge in [-0.1, -0.05) is 25.1 Å². The first-order chi connectivity index (χ1) is 11.9. The molecule has 1 amide bonds. The Hall–Kier alpha value is -2.90. The first kappa shape index (κ1) is 16.9. The van der Waals surface area contributed by atoms with Gasteiger partial charge in [-0.05, 0) is 37.0 Å². The Morgan fingerprint density at radius 3 is 2.92 bits per heavy atom. The second-order valence-corrected chi connectivity index (χ2v) is 6.38. The van der Waals surface area contributed by atoms with Gasteiger partial charge < -0.3 is 14.3 Å². The van der Waals surface area contributed by atoms with E-state index in [2.05, 4.69) is 29.3 Å². The zero-order valence-corrected chi connectivity index (χ0v) is 14.4. The van der Waals surface area contributed by atoms with Crippen molar-refractivity contribution in [1.82, 2.24) is 20.0 Å². The molecule has 3 rings (SSSR count). The number of benzene rings is 1. The number of carbonyl (C=O) groups is 1. The van der Waals surface area contributed by atoms with Crippen LogP contribution in [0, 0.1) is 12.8 Å². The molecule has 0 radical (unpaired) electrons. The number of rotatable bonds is 6. The van der Waals surface area contributed by atoms with Crippen molar-refractivity contribution in [3.8, 4) is 0 Å². The summed E-state index contributed by atoms with van der Waals surface area (Å²) in [5.74, 6) is -0.313. The monoisotopic (exact) mass is 344 g/mol. The molecule has 8 heteroatoms. The first-order valence-electron chi connectivity index (χ1n) is 8.15. The molecule has 0 saturated carbocycles. The lowest BCUT2D eigenvalue weighted by Crippen LogP contribution is -2.25. The zero-order valence-electron chi connectivity index (χ0n) is 14.4. The third-order valence-electron chi connectivity index (χ3n) is 3.79. The highest BCUT2D eigenvalue weighted by atomic mass is 16.5. The number of nitrogens with one attached hydrogen (secondary N) is 1. The molecule has 0 aliphatic carbocycles. The van der Waals surface area contributed by atoms with Crippen molar-refractivity contribution in [2.75, 3.05) is 6.54 Å². The normalized spacial score (nSPS) is 11.4. The van der Waals surface area contributed by atoms with Crippen LogP contribution in [0.5, 0.6) is 0 Å². The number of oxazole rings is 1. The minimum absolute atomic E-state index is 0.0675. The van der Waals surface area contributed by atoms with Crippen LogP contribution in [0.3, 0.4) is 0 Å². The molecule has 1 N–H and O–H groups in total. The lowest BCUT2D eigenvalue weighted by atomic mass is 10.1. The zero-order chi connectivity index (χ0) is 18.0. The molecule has 0 spiro atoms. The van der Waals surface area contributed by atoms with Crippen LogP contribution in [-0.4, -0.2) is 27.2 Å². The summed E-state index contributed by atoms with van der Waals surface area (Å²) in [6.07, 6.45) is 0.864. The minimum atomic E-state index is -0.506. The van der Waals surface area contributed by atoms with Crippen LogP contribution in [0.4, 0.5) is 0 Å². The second kappa shape index (κ2) is 6.92. The average Bonchev–Trinajstić information content (AvgIpc) is 3.13. The third-order valence-corrected chi connectivity index (χ3v) is 3.79. The number of amides is 1. The first-order valence-corrected chi connectivity index (χ1v) is 8.15. The lowest BCUT2D eigenvalue weighted by Gasteiger charge is -2.04. The van der Waals surface area contributed by atoms with E-state index >= 15 is 0 Å². The summed E-state index contributed by atoms with van der Waals surface area (Å²) in [6, 6.07) is 5.45. The Morgan fingerprint density at radius 2 is 2.16 bits per heavy atom. The topological polar surface area (TPSA) is 103 Å². The molecule has 0 bridgehead atoms. The number of hydrogen-bond acceptors (Lipinski definition) is 6. The highest BCUT2D eigenvalue weighted by Crippen LogP contribution is 2.15. The third kappa shape index (κ3) is 3.78. The highest BCUT2D eigenvalue weighted by molar-refractivity contribution is 5.89. The number of aryl methyl sites for hydroxylation is 1. The van der Waals surface area contributed by atoms with Crippen LogP contribution in [0.25, 0.3) is 11.1 Å². The number of carbonyl (C=O) groups excluding carboxylic acids is 1. The highest BCUT2D eigenvalue weighted by Gasteiger charge is 2.17. The number of aromatic nitrogens is 3. The second-order valence-electron chi connectivity index (χ2n) is 6.38. The van der Waals surface area contributed by atoms with Crippen molar-refractivity contribution < 1.29 is 13.7 Å². The van der Waals surface area contributed by atoms with E-state index in [1.165, 1.54) is 4.57 Å². The van der Waals surface area contributed by atoms with E-state index in [4.69, 9.17) is 8.94 Å². The number of nitrogens with zero attached hydrogens (tertiary/aromatic N) is 3. The fourth-order valence-electron chi connectivity index (χ4n) is 2.42. The standard InChI is InChI=1S/C17H20N4O4/c1-10(2)6-7-18-15(22)16-19-14(20-25-16)9-21-12-8-11(3)4-5-13(12)24-17(21)23/h4-5,8,10H,6-7,9H2,1-3H3,(H,18,22). The van der Waals surface area contributed by atoms with Gasteiger partial charge in [-0.2, -0.15) is 4.98 Å². The van der Waals surface area contributed by atoms with E-state index in [9.17, 15) is 9.59 Å². The molecule has 0 aliphatic rings. The molecular weight excluding hydrogens is 324 g/mol. The van der Waals surface area contributed by atoms with Gasteiger partial charge in [-0.3, -0.25) is 9.36 Å². The van der Waals surface area contributed by atoms with E-state index in [1.807, 2.05) is 19.1 Å². The molecule has 0 unspecified atom stereocenters. The van der Waals surface area contributed by atoms with Crippen molar-refractivity contribution in [1.29, 1.82) is 0 Å². The van der Waals surface area contributed by atoms with Crippen LogP contribution < -0.4 is 11.1 Å². The van der Waals surface area contributed by atoms with E-state index in [1.54, 1.807) is 6.07 Å². The summed E-state index contributed by atoms with van der Waals surface area (Å²) in [6.45, 7) is 6.68. The van der Waals surface area contributed by atoms with Crippen LogP contribution in [0.1, 0.15) is 42.3 Å². The van der Waals surface area contributed by atoms with Crippen molar-refractivity contribution in [2.24, 2.45) is 5.92 Å². The Bertz CT molecular complexity index is 951. The molecular formula is C17H20N4O4. The summed E-state index contributed by atoms with van der Waals surface area (Å²) >= 11 is 0. The van der Waals surface area contributed by atoms with Gasteiger partial charge in [0, 0.05) is 6.54 Å². The lowest BCUT2D eigenvalue weighted by molar-refractivity contribution is 0.0908. The van der Waals surface area contributed by atoms with Gasteiger partial charge in [0.2, 0.25) is 0 Å². The fourth-order valence-corrected chi connectivity index (χ4v) is 2.42. The minimum Gasteiger partial charge on any atom is -0.408 e. The fraction of sp³-hybridized carbons (Fsp3) is 0.412. The summed E-state index contributed by atoms with van der Waals surface area (Å²) in [5, 5.41) is 6.51. The quantitative estimate of drug-likeness (QED) is 0.734. The van der Waals surface area contributed by atoms with E-state index in [-0.39, 0.29) is 18.3 Å². The summed E-state index contributed by atoms with van der Waals surface area (Å²) in [7, 11) is 0. The average molecular weight is 344 g/mol. The van der Waals surface area contributed by atoms with Crippen molar-refractivity contribution >= 4 is 17.0 Å². The predicted molar refractivity (Wildman–Crippen MR) is 90.4 cm³/mol. The molecule has 0 atom stereocenters. The molecule has 0 saturated heterocycles. The van der Waals surface area contributed by atoms with Crippen molar-refractivity contribution in [3.05, 3.63) is 46.0 Å². The molecule has 3 aromatic rings. The maximum atomic E-state index is 12.0. The Balaban J connectivity index is 1.76. The van der Waals surface area contributed by atoms with E-state index in [0.29, 0.717) is 23.6 Å². The Morgan fingerprint density at radius 1 is 1.36 bits per heavy atom. The molecule has 1 aromatic carbocycles.